The minimum atomic E-state index is -0.481. The van der Waals surface area contributed by atoms with E-state index in [2.05, 4.69) is 33.4 Å². The zero-order chi connectivity index (χ0) is 15.2. The van der Waals surface area contributed by atoms with Crippen LogP contribution in [0.1, 0.15) is 32.8 Å². The standard InChI is InChI=1S/C15H23BrN2O2/c1-15(2,3)20-14(19)18-10-13(17)9-6-11-4-7-12(16)8-5-11/h4-5,7-8,13H,6,9-10,17H2,1-3H3,(H,18,19). The Morgan fingerprint density at radius 1 is 1.35 bits per heavy atom. The molecule has 5 heteroatoms. The van der Waals surface area contributed by atoms with Crippen LogP contribution in [0.15, 0.2) is 28.7 Å². The molecule has 0 aliphatic heterocycles. The Kier molecular flexibility index (Phi) is 6.49. The van der Waals surface area contributed by atoms with Crippen molar-refractivity contribution >= 4 is 22.0 Å². The van der Waals surface area contributed by atoms with Crippen LogP contribution < -0.4 is 11.1 Å². The molecule has 0 aromatic heterocycles. The quantitative estimate of drug-likeness (QED) is 0.863. The summed E-state index contributed by atoms with van der Waals surface area (Å²) >= 11 is 3.40. The zero-order valence-electron chi connectivity index (χ0n) is 12.3. The van der Waals surface area contributed by atoms with Crippen LogP contribution in [0.3, 0.4) is 0 Å². The molecular weight excluding hydrogens is 320 g/mol. The number of amides is 1. The van der Waals surface area contributed by atoms with E-state index >= 15 is 0 Å². The van der Waals surface area contributed by atoms with Crippen LogP contribution in [0.2, 0.25) is 0 Å². The fraction of sp³-hybridized carbons (Fsp3) is 0.533. The lowest BCUT2D eigenvalue weighted by atomic mass is 10.1. The maximum atomic E-state index is 11.5. The van der Waals surface area contributed by atoms with Gasteiger partial charge in [0, 0.05) is 17.1 Å². The third kappa shape index (κ3) is 7.50. The van der Waals surface area contributed by atoms with Crippen molar-refractivity contribution < 1.29 is 9.53 Å². The van der Waals surface area contributed by atoms with Gasteiger partial charge in [0.1, 0.15) is 5.60 Å². The molecule has 112 valence electrons. The van der Waals surface area contributed by atoms with Gasteiger partial charge in [0.25, 0.3) is 0 Å². The predicted molar refractivity (Wildman–Crippen MR) is 84.7 cm³/mol. The molecule has 1 aromatic carbocycles. The Bertz CT molecular complexity index is 426. The zero-order valence-corrected chi connectivity index (χ0v) is 13.9. The number of alkyl carbamates (subject to hydrolysis) is 1. The van der Waals surface area contributed by atoms with Crippen molar-refractivity contribution in [3.8, 4) is 0 Å². The summed E-state index contributed by atoms with van der Waals surface area (Å²) in [4.78, 5) is 11.5. The molecule has 0 fully saturated rings. The summed E-state index contributed by atoms with van der Waals surface area (Å²) in [7, 11) is 0. The Labute approximate surface area is 129 Å². The van der Waals surface area contributed by atoms with Gasteiger partial charge in [-0.25, -0.2) is 4.79 Å². The lowest BCUT2D eigenvalue weighted by Crippen LogP contribution is -2.40. The van der Waals surface area contributed by atoms with Crippen molar-refractivity contribution in [2.45, 2.75) is 45.3 Å². The van der Waals surface area contributed by atoms with Crippen molar-refractivity contribution in [1.29, 1.82) is 0 Å². The average Bonchev–Trinajstić information content (AvgIpc) is 2.33. The molecule has 0 aliphatic carbocycles. The summed E-state index contributed by atoms with van der Waals surface area (Å²) in [5.41, 5.74) is 6.74. The molecule has 0 saturated heterocycles. The highest BCUT2D eigenvalue weighted by Crippen LogP contribution is 2.12. The van der Waals surface area contributed by atoms with Crippen molar-refractivity contribution in [3.05, 3.63) is 34.3 Å². The number of hydrogen-bond donors (Lipinski definition) is 2. The monoisotopic (exact) mass is 342 g/mol. The number of rotatable bonds is 5. The van der Waals surface area contributed by atoms with Crippen LogP contribution in [-0.4, -0.2) is 24.3 Å². The Morgan fingerprint density at radius 3 is 2.50 bits per heavy atom. The topological polar surface area (TPSA) is 64.3 Å². The third-order valence-electron chi connectivity index (χ3n) is 2.62. The van der Waals surface area contributed by atoms with Gasteiger partial charge < -0.3 is 15.8 Å². The lowest BCUT2D eigenvalue weighted by molar-refractivity contribution is 0.0524. The van der Waals surface area contributed by atoms with Crippen LogP contribution in [0.25, 0.3) is 0 Å². The molecule has 1 amide bonds. The predicted octanol–water partition coefficient (Wildman–Crippen LogP) is 3.23. The molecule has 0 saturated carbocycles. The first-order valence-corrected chi connectivity index (χ1v) is 7.52. The van der Waals surface area contributed by atoms with Gasteiger partial charge in [-0.1, -0.05) is 28.1 Å². The molecule has 1 rings (SSSR count). The normalized spacial score (nSPS) is 12.8. The molecular formula is C15H23BrN2O2. The van der Waals surface area contributed by atoms with E-state index in [4.69, 9.17) is 10.5 Å². The van der Waals surface area contributed by atoms with Gasteiger partial charge in [-0.3, -0.25) is 0 Å². The van der Waals surface area contributed by atoms with Gasteiger partial charge in [-0.15, -0.1) is 0 Å². The van der Waals surface area contributed by atoms with E-state index in [0.29, 0.717) is 6.54 Å². The van der Waals surface area contributed by atoms with Crippen LogP contribution >= 0.6 is 15.9 Å². The molecule has 0 aliphatic rings. The number of carbonyl (C=O) groups is 1. The second-order valence-electron chi connectivity index (χ2n) is 5.81. The number of nitrogens with two attached hydrogens (primary N) is 1. The molecule has 0 bridgehead atoms. The molecule has 1 unspecified atom stereocenters. The van der Waals surface area contributed by atoms with E-state index in [9.17, 15) is 4.79 Å². The third-order valence-corrected chi connectivity index (χ3v) is 3.15. The minimum absolute atomic E-state index is 0.0776. The molecule has 0 spiro atoms. The fourth-order valence-electron chi connectivity index (χ4n) is 1.63. The highest BCUT2D eigenvalue weighted by atomic mass is 79.9. The van der Waals surface area contributed by atoms with Gasteiger partial charge in [-0.2, -0.15) is 0 Å². The molecule has 0 radical (unpaired) electrons. The Morgan fingerprint density at radius 2 is 1.95 bits per heavy atom. The first-order chi connectivity index (χ1) is 9.26. The van der Waals surface area contributed by atoms with Crippen LogP contribution in [0, 0.1) is 0 Å². The van der Waals surface area contributed by atoms with Crippen molar-refractivity contribution in [2.75, 3.05) is 6.54 Å². The van der Waals surface area contributed by atoms with Gasteiger partial charge in [-0.05, 0) is 51.3 Å². The first kappa shape index (κ1) is 17.0. The van der Waals surface area contributed by atoms with Gasteiger partial charge in [0.15, 0.2) is 0 Å². The highest BCUT2D eigenvalue weighted by molar-refractivity contribution is 9.10. The van der Waals surface area contributed by atoms with E-state index in [1.165, 1.54) is 5.56 Å². The average molecular weight is 343 g/mol. The van der Waals surface area contributed by atoms with E-state index in [-0.39, 0.29) is 6.04 Å². The summed E-state index contributed by atoms with van der Waals surface area (Å²) in [6, 6.07) is 8.08. The largest absolute Gasteiger partial charge is 0.444 e. The van der Waals surface area contributed by atoms with Crippen LogP contribution in [0.4, 0.5) is 4.79 Å². The number of nitrogens with one attached hydrogen (secondary N) is 1. The Hall–Kier alpha value is -1.07. The highest BCUT2D eigenvalue weighted by Gasteiger charge is 2.16. The summed E-state index contributed by atoms with van der Waals surface area (Å²) in [5.74, 6) is 0. The lowest BCUT2D eigenvalue weighted by Gasteiger charge is -2.20. The minimum Gasteiger partial charge on any atom is -0.444 e. The second kappa shape index (κ2) is 7.64. The van der Waals surface area contributed by atoms with E-state index in [0.717, 1.165) is 17.3 Å². The molecule has 1 aromatic rings. The first-order valence-electron chi connectivity index (χ1n) is 6.73. The summed E-state index contributed by atoms with van der Waals surface area (Å²) < 4.78 is 6.22. The van der Waals surface area contributed by atoms with E-state index < -0.39 is 11.7 Å². The molecule has 4 nitrogen and oxygen atoms in total. The van der Waals surface area contributed by atoms with Crippen LogP contribution in [0.5, 0.6) is 0 Å². The number of ether oxygens (including phenoxy) is 1. The van der Waals surface area contributed by atoms with E-state index in [1.54, 1.807) is 0 Å². The molecule has 3 N–H and O–H groups in total. The number of aryl methyl sites for hydroxylation is 1. The van der Waals surface area contributed by atoms with Gasteiger partial charge in [0.05, 0.1) is 0 Å². The number of carbonyl (C=O) groups excluding carboxylic acids is 1. The SMILES string of the molecule is CC(C)(C)OC(=O)NCC(N)CCc1ccc(Br)cc1. The van der Waals surface area contributed by atoms with Crippen LogP contribution in [-0.2, 0) is 11.2 Å². The summed E-state index contributed by atoms with van der Waals surface area (Å²) in [6.07, 6.45) is 1.29. The molecule has 20 heavy (non-hydrogen) atoms. The van der Waals surface area contributed by atoms with Crippen molar-refractivity contribution in [2.24, 2.45) is 5.73 Å². The number of hydrogen-bond acceptors (Lipinski definition) is 3. The van der Waals surface area contributed by atoms with Crippen molar-refractivity contribution in [1.82, 2.24) is 5.32 Å². The Balaban J connectivity index is 2.25. The van der Waals surface area contributed by atoms with Crippen molar-refractivity contribution in [3.63, 3.8) is 0 Å². The number of benzene rings is 1. The summed E-state index contributed by atoms with van der Waals surface area (Å²) in [6.45, 7) is 5.92. The smallest absolute Gasteiger partial charge is 0.407 e. The summed E-state index contributed by atoms with van der Waals surface area (Å²) in [5, 5.41) is 2.69. The maximum Gasteiger partial charge on any atom is 0.407 e. The van der Waals surface area contributed by atoms with Gasteiger partial charge in [0.2, 0.25) is 0 Å². The number of halogens is 1. The van der Waals surface area contributed by atoms with Gasteiger partial charge >= 0.3 is 6.09 Å². The van der Waals surface area contributed by atoms with E-state index in [1.807, 2.05) is 32.9 Å². The second-order valence-corrected chi connectivity index (χ2v) is 6.72. The fourth-order valence-corrected chi connectivity index (χ4v) is 1.90. The molecule has 1 atom stereocenters. The maximum absolute atomic E-state index is 11.5. The molecule has 0 heterocycles.